The van der Waals surface area contributed by atoms with Gasteiger partial charge in [0.05, 0.1) is 5.56 Å². The smallest absolute Gasteiger partial charge is 0.340 e. The Labute approximate surface area is 228 Å². The summed E-state index contributed by atoms with van der Waals surface area (Å²) in [5.74, 6) is 1.62. The van der Waals surface area contributed by atoms with Crippen LogP contribution in [0.1, 0.15) is 27.0 Å². The number of cyclic esters (lactones) is 1. The van der Waals surface area contributed by atoms with E-state index in [9.17, 15) is 25.2 Å². The molecule has 40 heavy (non-hydrogen) atoms. The van der Waals surface area contributed by atoms with Crippen molar-refractivity contribution in [2.24, 2.45) is 0 Å². The first-order valence-electron chi connectivity index (χ1n) is 12.3. The van der Waals surface area contributed by atoms with Crippen LogP contribution in [0.2, 0.25) is 0 Å². The highest BCUT2D eigenvalue weighted by Crippen LogP contribution is 2.50. The molecule has 4 N–H and O–H groups in total. The molecule has 0 unspecified atom stereocenters. The fourth-order valence-corrected chi connectivity index (χ4v) is 4.78. The molecular weight excluding hydrogens is 512 g/mol. The molecule has 198 valence electrons. The van der Waals surface area contributed by atoms with Crippen molar-refractivity contribution in [2.75, 3.05) is 0 Å². The van der Waals surface area contributed by atoms with Gasteiger partial charge in [-0.3, -0.25) is 0 Å². The molecule has 0 bridgehead atoms. The quantitative estimate of drug-likeness (QED) is 0.184. The van der Waals surface area contributed by atoms with Gasteiger partial charge in [0.25, 0.3) is 0 Å². The highest BCUT2D eigenvalue weighted by atomic mass is 16.6. The van der Waals surface area contributed by atoms with Crippen LogP contribution in [0.4, 0.5) is 0 Å². The second-order valence-corrected chi connectivity index (χ2v) is 9.15. The van der Waals surface area contributed by atoms with Crippen LogP contribution in [0.5, 0.6) is 46.0 Å². The highest BCUT2D eigenvalue weighted by molar-refractivity contribution is 5.96. The Morgan fingerprint density at radius 2 is 1.18 bits per heavy atom. The van der Waals surface area contributed by atoms with Crippen LogP contribution in [0.15, 0.2) is 109 Å². The molecule has 5 aromatic carbocycles. The second kappa shape index (κ2) is 9.59. The molecule has 0 amide bonds. The Morgan fingerprint density at radius 3 is 1.85 bits per heavy atom. The van der Waals surface area contributed by atoms with Crippen molar-refractivity contribution >= 4 is 5.97 Å². The number of ether oxygens (including phenoxy) is 3. The van der Waals surface area contributed by atoms with E-state index in [1.807, 2.05) is 12.1 Å². The average molecular weight is 535 g/mol. The number of phenols is 4. The predicted molar refractivity (Wildman–Crippen MR) is 144 cm³/mol. The molecule has 0 fully saturated rings. The number of rotatable bonds is 2. The Balaban J connectivity index is 0.000000157. The van der Waals surface area contributed by atoms with Gasteiger partial charge in [0.15, 0.2) is 28.6 Å². The summed E-state index contributed by atoms with van der Waals surface area (Å²) in [4.78, 5) is 12.4. The first-order valence-corrected chi connectivity index (χ1v) is 12.3. The van der Waals surface area contributed by atoms with E-state index in [-0.39, 0.29) is 23.0 Å². The lowest BCUT2D eigenvalue weighted by molar-refractivity contribution is 0.0251. The van der Waals surface area contributed by atoms with Crippen LogP contribution in [0.3, 0.4) is 0 Å². The maximum atomic E-state index is 12.4. The lowest BCUT2D eigenvalue weighted by Crippen LogP contribution is -2.29. The maximum Gasteiger partial charge on any atom is 0.340 e. The molecule has 5 aromatic rings. The van der Waals surface area contributed by atoms with Crippen molar-refractivity contribution in [3.05, 3.63) is 131 Å². The van der Waals surface area contributed by atoms with Crippen LogP contribution in [-0.4, -0.2) is 26.4 Å². The standard InChI is InChI=1S/C20H14O4.C12H8O4/c21-15-9-5-13(6-10-15)20(14-7-11-16(22)12-8-14)18-4-2-1-3-17(18)19(23)24-20;13-7-4-5-9-11(6-7)15-10-3-1-2-8(14)12(10)16-9/h1-12,21-22H;1-6,13-14H. The molecule has 0 aliphatic carbocycles. The third-order valence-corrected chi connectivity index (χ3v) is 6.64. The van der Waals surface area contributed by atoms with E-state index < -0.39 is 11.6 Å². The number of carbonyl (C=O) groups is 1. The zero-order valence-electron chi connectivity index (χ0n) is 20.8. The number of fused-ring (bicyclic) bond motifs is 3. The van der Waals surface area contributed by atoms with Crippen molar-refractivity contribution < 1.29 is 39.4 Å². The van der Waals surface area contributed by atoms with E-state index in [1.54, 1.807) is 78.9 Å². The number of benzene rings is 5. The number of aromatic hydroxyl groups is 4. The van der Waals surface area contributed by atoms with Crippen LogP contribution in [0, 0.1) is 0 Å². The van der Waals surface area contributed by atoms with Gasteiger partial charge in [0, 0.05) is 22.8 Å². The van der Waals surface area contributed by atoms with Crippen molar-refractivity contribution in [3.8, 4) is 46.0 Å². The molecule has 7 rings (SSSR count). The molecule has 8 heteroatoms. The zero-order valence-corrected chi connectivity index (χ0v) is 20.8. The average Bonchev–Trinajstić information content (AvgIpc) is 3.27. The topological polar surface area (TPSA) is 126 Å². The Bertz CT molecular complexity index is 1680. The molecular formula is C32H22O8. The maximum absolute atomic E-state index is 12.4. The summed E-state index contributed by atoms with van der Waals surface area (Å²) in [5.41, 5.74) is 1.60. The van der Waals surface area contributed by atoms with Crippen molar-refractivity contribution in [1.29, 1.82) is 0 Å². The number of hydrogen-bond donors (Lipinski definition) is 4. The van der Waals surface area contributed by atoms with Gasteiger partial charge in [-0.25, -0.2) is 4.79 Å². The summed E-state index contributed by atoms with van der Waals surface area (Å²) in [7, 11) is 0. The lowest BCUT2D eigenvalue weighted by Gasteiger charge is -2.30. The summed E-state index contributed by atoms with van der Waals surface area (Å²) in [6, 6.07) is 29.8. The van der Waals surface area contributed by atoms with Gasteiger partial charge in [-0.1, -0.05) is 48.5 Å². The van der Waals surface area contributed by atoms with Crippen molar-refractivity contribution in [2.45, 2.75) is 5.60 Å². The predicted octanol–water partition coefficient (Wildman–Crippen LogP) is 6.56. The molecule has 0 saturated carbocycles. The van der Waals surface area contributed by atoms with Crippen molar-refractivity contribution in [3.63, 3.8) is 0 Å². The van der Waals surface area contributed by atoms with Crippen molar-refractivity contribution in [1.82, 2.24) is 0 Å². The summed E-state index contributed by atoms with van der Waals surface area (Å²) < 4.78 is 16.8. The van der Waals surface area contributed by atoms with E-state index >= 15 is 0 Å². The number of para-hydroxylation sites is 1. The number of hydrogen-bond acceptors (Lipinski definition) is 8. The van der Waals surface area contributed by atoms with E-state index in [0.717, 1.165) is 16.7 Å². The molecule has 2 aliphatic heterocycles. The minimum atomic E-state index is -1.10. The fourth-order valence-electron chi connectivity index (χ4n) is 4.78. The molecule has 0 atom stereocenters. The third-order valence-electron chi connectivity index (χ3n) is 6.64. The van der Waals surface area contributed by atoms with E-state index in [2.05, 4.69) is 0 Å². The minimum Gasteiger partial charge on any atom is -0.508 e. The number of esters is 1. The first kappa shape index (κ1) is 24.7. The van der Waals surface area contributed by atoms with Gasteiger partial charge in [-0.2, -0.15) is 0 Å². The fraction of sp³-hybridized carbons (Fsp3) is 0.0312. The van der Waals surface area contributed by atoms with E-state index in [4.69, 9.17) is 14.2 Å². The molecule has 0 radical (unpaired) electrons. The number of carbonyl (C=O) groups excluding carboxylic acids is 1. The molecule has 0 spiro atoms. The molecule has 8 nitrogen and oxygen atoms in total. The van der Waals surface area contributed by atoms with Gasteiger partial charge in [0.2, 0.25) is 5.75 Å². The zero-order chi connectivity index (χ0) is 27.9. The molecule has 0 aromatic heterocycles. The summed E-state index contributed by atoms with van der Waals surface area (Å²) in [6.45, 7) is 0. The highest BCUT2D eigenvalue weighted by Gasteiger charge is 2.48. The summed E-state index contributed by atoms with van der Waals surface area (Å²) >= 11 is 0. The van der Waals surface area contributed by atoms with Gasteiger partial charge in [-0.15, -0.1) is 0 Å². The van der Waals surface area contributed by atoms with Crippen LogP contribution in [0.25, 0.3) is 0 Å². The van der Waals surface area contributed by atoms with Gasteiger partial charge in [-0.05, 0) is 54.6 Å². The molecule has 2 aliphatic rings. The van der Waals surface area contributed by atoms with Gasteiger partial charge < -0.3 is 34.6 Å². The first-order chi connectivity index (χ1) is 19.3. The normalized spacial score (nSPS) is 13.8. The molecule has 0 saturated heterocycles. The monoisotopic (exact) mass is 534 g/mol. The van der Waals surface area contributed by atoms with E-state index in [1.165, 1.54) is 18.2 Å². The SMILES string of the molecule is O=C1OC(c2ccc(O)cc2)(c2ccc(O)cc2)c2ccccc21.Oc1ccc2c(c1)Oc1cccc(O)c1O2. The minimum absolute atomic E-state index is 0.0243. The third kappa shape index (κ3) is 4.17. The van der Waals surface area contributed by atoms with Crippen LogP contribution < -0.4 is 9.47 Å². The molecule has 2 heterocycles. The second-order valence-electron chi connectivity index (χ2n) is 9.15. The van der Waals surface area contributed by atoms with E-state index in [0.29, 0.717) is 28.6 Å². The number of phenolic OH excluding ortho intramolecular Hbond substituents is 4. The van der Waals surface area contributed by atoms with Gasteiger partial charge >= 0.3 is 5.97 Å². The Hall–Kier alpha value is -5.63. The summed E-state index contributed by atoms with van der Waals surface area (Å²) in [5, 5.41) is 38.1. The largest absolute Gasteiger partial charge is 0.508 e. The van der Waals surface area contributed by atoms with Crippen LogP contribution >= 0.6 is 0 Å². The summed E-state index contributed by atoms with van der Waals surface area (Å²) in [6.07, 6.45) is 0. The Kier molecular flexibility index (Phi) is 5.92. The van der Waals surface area contributed by atoms with Crippen LogP contribution in [-0.2, 0) is 10.3 Å². The Morgan fingerprint density at radius 1 is 0.550 bits per heavy atom. The lowest BCUT2D eigenvalue weighted by atomic mass is 9.80. The van der Waals surface area contributed by atoms with Gasteiger partial charge in [0.1, 0.15) is 17.2 Å².